The number of aromatic hydroxyl groups is 1. The molecule has 4 aliphatic rings. The van der Waals surface area contributed by atoms with Crippen LogP contribution in [-0.2, 0) is 16.6 Å². The average molecular weight is 532 g/mol. The molecule has 1 spiro atoms. The summed E-state index contributed by atoms with van der Waals surface area (Å²) in [6.45, 7) is 8.55. The molecule has 6 rings (SSSR count). The molecule has 0 bridgehead atoms. The Morgan fingerprint density at radius 3 is 2.41 bits per heavy atom. The summed E-state index contributed by atoms with van der Waals surface area (Å²) in [5.41, 5.74) is 5.76. The zero-order valence-electron chi connectivity index (χ0n) is 22.8. The van der Waals surface area contributed by atoms with Crippen molar-refractivity contribution >= 4 is 28.2 Å². The van der Waals surface area contributed by atoms with E-state index in [-0.39, 0.29) is 22.1 Å². The van der Waals surface area contributed by atoms with Crippen LogP contribution in [-0.4, -0.2) is 45.5 Å². The number of hydrogen-bond acceptors (Lipinski definition) is 7. The SMILES string of the molecule is COc1cc(C)c2c3c(c4c(c(O)c13)C(=O)[C@]1(O)CC(C(N)=O)=C(O)C[C@@H]1C4=O)C[C@@]21C(C)=CCCC1(C)C. The van der Waals surface area contributed by atoms with Gasteiger partial charge in [-0.3, -0.25) is 14.4 Å². The van der Waals surface area contributed by atoms with Gasteiger partial charge in [0.25, 0.3) is 0 Å². The number of hydrogen-bond donors (Lipinski definition) is 4. The van der Waals surface area contributed by atoms with Crippen molar-refractivity contribution in [3.05, 3.63) is 56.9 Å². The standard InChI is InChI=1S/C31H33NO7/c1-13-9-19(39-5)22-20-16(11-30(24(13)20)14(2)7-6-8-29(30,3)4)21-23(26(22)35)27(36)31(38)12-15(28(32)37)18(33)10-17(31)25(21)34/h7,9,17,33,35,38H,6,8,10-12H2,1-5H3,(H2,32,37)/t17-,30-,31+/m1/s1. The molecule has 0 unspecified atom stereocenters. The highest BCUT2D eigenvalue weighted by molar-refractivity contribution is 6.26. The third-order valence-electron chi connectivity index (χ3n) is 10.2. The van der Waals surface area contributed by atoms with E-state index in [1.807, 2.05) is 13.0 Å². The van der Waals surface area contributed by atoms with Gasteiger partial charge in [-0.05, 0) is 66.7 Å². The van der Waals surface area contributed by atoms with E-state index in [1.54, 1.807) is 0 Å². The highest BCUT2D eigenvalue weighted by atomic mass is 16.5. The summed E-state index contributed by atoms with van der Waals surface area (Å²) in [5.74, 6) is -4.12. The first-order valence-electron chi connectivity index (χ1n) is 13.3. The van der Waals surface area contributed by atoms with E-state index in [0.717, 1.165) is 24.0 Å². The summed E-state index contributed by atoms with van der Waals surface area (Å²) in [7, 11) is 1.49. The van der Waals surface area contributed by atoms with E-state index < -0.39 is 58.8 Å². The Bertz CT molecular complexity index is 1630. The van der Waals surface area contributed by atoms with Crippen molar-refractivity contribution < 1.29 is 34.4 Å². The molecule has 0 fully saturated rings. The summed E-state index contributed by atoms with van der Waals surface area (Å²) in [6, 6.07) is 1.86. The number of allylic oxidation sites excluding steroid dienone is 3. The number of carbonyl (C=O) groups excluding carboxylic acids is 3. The number of ketones is 2. The molecule has 2 aromatic carbocycles. The number of nitrogens with two attached hydrogens (primary N) is 1. The fourth-order valence-corrected chi connectivity index (χ4v) is 8.21. The Labute approximate surface area is 226 Å². The van der Waals surface area contributed by atoms with E-state index in [4.69, 9.17) is 10.5 Å². The van der Waals surface area contributed by atoms with Gasteiger partial charge in [-0.2, -0.15) is 0 Å². The molecule has 0 saturated heterocycles. The molecule has 0 radical (unpaired) electrons. The Morgan fingerprint density at radius 1 is 1.10 bits per heavy atom. The number of aryl methyl sites for hydroxylation is 1. The number of methoxy groups -OCH3 is 1. The largest absolute Gasteiger partial charge is 0.512 e. The van der Waals surface area contributed by atoms with E-state index in [1.165, 1.54) is 12.7 Å². The van der Waals surface area contributed by atoms with Crippen LogP contribution in [0.5, 0.6) is 11.5 Å². The molecule has 0 aromatic heterocycles. The van der Waals surface area contributed by atoms with Gasteiger partial charge in [0.2, 0.25) is 5.91 Å². The molecular weight excluding hydrogens is 498 g/mol. The quantitative estimate of drug-likeness (QED) is 0.424. The van der Waals surface area contributed by atoms with Crippen molar-refractivity contribution in [1.82, 2.24) is 0 Å². The minimum Gasteiger partial charge on any atom is -0.512 e. The van der Waals surface area contributed by atoms with E-state index in [2.05, 4.69) is 26.8 Å². The van der Waals surface area contributed by atoms with Gasteiger partial charge < -0.3 is 25.8 Å². The van der Waals surface area contributed by atoms with Crippen LogP contribution < -0.4 is 10.5 Å². The number of aliphatic hydroxyl groups is 2. The predicted molar refractivity (Wildman–Crippen MR) is 144 cm³/mol. The van der Waals surface area contributed by atoms with Gasteiger partial charge in [0, 0.05) is 23.8 Å². The average Bonchev–Trinajstić information content (AvgIpc) is 3.23. The van der Waals surface area contributed by atoms with Crippen LogP contribution in [0.15, 0.2) is 29.0 Å². The fraction of sp³-hybridized carbons (Fsp3) is 0.452. The van der Waals surface area contributed by atoms with Crippen LogP contribution in [0.1, 0.15) is 83.9 Å². The highest BCUT2D eigenvalue weighted by Crippen LogP contribution is 2.64. The minimum atomic E-state index is -2.32. The summed E-state index contributed by atoms with van der Waals surface area (Å²) in [4.78, 5) is 40.3. The molecule has 0 saturated carbocycles. The fourth-order valence-electron chi connectivity index (χ4n) is 8.21. The molecule has 39 heavy (non-hydrogen) atoms. The molecule has 5 N–H and O–H groups in total. The first kappa shape index (κ1) is 25.6. The lowest BCUT2D eigenvalue weighted by molar-refractivity contribution is -0.116. The Kier molecular flexibility index (Phi) is 5.07. The number of primary amides is 1. The van der Waals surface area contributed by atoms with Crippen LogP contribution in [0.3, 0.4) is 0 Å². The van der Waals surface area contributed by atoms with Crippen molar-refractivity contribution in [2.24, 2.45) is 17.1 Å². The Hall–Kier alpha value is -3.65. The van der Waals surface area contributed by atoms with Crippen LogP contribution in [0, 0.1) is 18.3 Å². The number of phenolic OH excluding ortho intramolecular Hbond substituents is 1. The maximum atomic E-state index is 14.3. The summed E-state index contributed by atoms with van der Waals surface area (Å²) < 4.78 is 5.69. The molecular formula is C31H33NO7. The molecule has 1 amide bonds. The third kappa shape index (κ3) is 2.85. The molecule has 2 aromatic rings. The van der Waals surface area contributed by atoms with E-state index in [0.29, 0.717) is 28.5 Å². The smallest absolute Gasteiger partial charge is 0.248 e. The van der Waals surface area contributed by atoms with Gasteiger partial charge in [0.15, 0.2) is 11.6 Å². The first-order valence-corrected chi connectivity index (χ1v) is 13.3. The number of ether oxygens (including phenoxy) is 1. The monoisotopic (exact) mass is 531 g/mol. The second-order valence-electron chi connectivity index (χ2n) is 12.3. The molecule has 8 heteroatoms. The molecule has 8 nitrogen and oxygen atoms in total. The number of benzene rings is 2. The van der Waals surface area contributed by atoms with E-state index >= 15 is 0 Å². The van der Waals surface area contributed by atoms with Crippen LogP contribution in [0.4, 0.5) is 0 Å². The summed E-state index contributed by atoms with van der Waals surface area (Å²) in [5, 5.41) is 35.0. The van der Waals surface area contributed by atoms with Gasteiger partial charge in [-0.15, -0.1) is 0 Å². The molecule has 204 valence electrons. The van der Waals surface area contributed by atoms with Gasteiger partial charge in [-0.1, -0.05) is 25.5 Å². The summed E-state index contributed by atoms with van der Waals surface area (Å²) >= 11 is 0. The van der Waals surface area contributed by atoms with Gasteiger partial charge in [-0.25, -0.2) is 0 Å². The van der Waals surface area contributed by atoms with Crippen molar-refractivity contribution in [2.75, 3.05) is 7.11 Å². The lowest BCUT2D eigenvalue weighted by atomic mass is 9.53. The second-order valence-corrected chi connectivity index (χ2v) is 12.3. The zero-order chi connectivity index (χ0) is 28.4. The van der Waals surface area contributed by atoms with Crippen molar-refractivity contribution in [1.29, 1.82) is 0 Å². The number of fused-ring (bicyclic) bond motifs is 4. The summed E-state index contributed by atoms with van der Waals surface area (Å²) in [6.07, 6.45) is 3.53. The molecule has 0 aliphatic heterocycles. The number of phenols is 1. The number of rotatable bonds is 2. The van der Waals surface area contributed by atoms with Crippen LogP contribution in [0.25, 0.3) is 10.8 Å². The maximum absolute atomic E-state index is 14.3. The van der Waals surface area contributed by atoms with Crippen molar-refractivity contribution in [2.45, 2.75) is 70.8 Å². The number of aliphatic hydroxyl groups excluding tert-OH is 1. The maximum Gasteiger partial charge on any atom is 0.248 e. The van der Waals surface area contributed by atoms with Crippen LogP contribution >= 0.6 is 0 Å². The number of Topliss-reactive ketones (excluding diaryl/α,β-unsaturated/α-hetero) is 2. The first-order chi connectivity index (χ1) is 18.2. The number of amides is 1. The predicted octanol–water partition coefficient (Wildman–Crippen LogP) is 4.24. The van der Waals surface area contributed by atoms with Gasteiger partial charge in [0.05, 0.1) is 29.6 Å². The highest BCUT2D eigenvalue weighted by Gasteiger charge is 2.60. The Balaban J connectivity index is 1.74. The van der Waals surface area contributed by atoms with Crippen molar-refractivity contribution in [3.63, 3.8) is 0 Å². The zero-order valence-corrected chi connectivity index (χ0v) is 22.8. The molecule has 0 heterocycles. The van der Waals surface area contributed by atoms with Crippen molar-refractivity contribution in [3.8, 4) is 11.5 Å². The lowest BCUT2D eigenvalue weighted by Crippen LogP contribution is -2.56. The normalized spacial score (nSPS) is 29.0. The lowest BCUT2D eigenvalue weighted by Gasteiger charge is -2.50. The third-order valence-corrected chi connectivity index (χ3v) is 10.2. The Morgan fingerprint density at radius 2 is 1.79 bits per heavy atom. The van der Waals surface area contributed by atoms with Gasteiger partial charge in [0.1, 0.15) is 22.9 Å². The van der Waals surface area contributed by atoms with E-state index in [9.17, 15) is 29.7 Å². The molecule has 3 atom stereocenters. The second kappa shape index (κ2) is 7.72. The molecule has 4 aliphatic carbocycles. The van der Waals surface area contributed by atoms with Crippen LogP contribution in [0.2, 0.25) is 0 Å². The van der Waals surface area contributed by atoms with Gasteiger partial charge >= 0.3 is 0 Å². The number of carbonyl (C=O) groups is 3. The topological polar surface area (TPSA) is 147 Å². The minimum absolute atomic E-state index is 0.0925.